The maximum absolute atomic E-state index is 12.8. The topological polar surface area (TPSA) is 85.2 Å². The third-order valence-corrected chi connectivity index (χ3v) is 3.86. The molecule has 2 N–H and O–H groups in total. The summed E-state index contributed by atoms with van der Waals surface area (Å²) in [7, 11) is 4.25. The summed E-state index contributed by atoms with van der Waals surface area (Å²) >= 11 is 0. The highest BCUT2D eigenvalue weighted by atomic mass is 16.5. The lowest BCUT2D eigenvalue weighted by Gasteiger charge is -2.15. The third kappa shape index (κ3) is 3.22. The van der Waals surface area contributed by atoms with Crippen LogP contribution in [0.1, 0.15) is 28.8 Å². The van der Waals surface area contributed by atoms with Gasteiger partial charge in [0.05, 0.1) is 21.3 Å². The molecular weight excluding hydrogens is 312 g/mol. The predicted octanol–water partition coefficient (Wildman–Crippen LogP) is 3.11. The van der Waals surface area contributed by atoms with Gasteiger partial charge < -0.3 is 24.4 Å². The molecule has 0 radical (unpaired) electrons. The van der Waals surface area contributed by atoms with Crippen molar-refractivity contribution in [1.82, 2.24) is 0 Å². The fourth-order valence-electron chi connectivity index (χ4n) is 2.40. The van der Waals surface area contributed by atoms with Crippen LogP contribution < -0.4 is 14.2 Å². The quantitative estimate of drug-likeness (QED) is 0.791. The largest absolute Gasteiger partial charge is 0.504 e. The van der Waals surface area contributed by atoms with Gasteiger partial charge in [-0.3, -0.25) is 4.79 Å². The summed E-state index contributed by atoms with van der Waals surface area (Å²) in [4.78, 5) is 12.8. The van der Waals surface area contributed by atoms with Crippen molar-refractivity contribution in [2.75, 3.05) is 21.3 Å². The fourth-order valence-corrected chi connectivity index (χ4v) is 2.40. The van der Waals surface area contributed by atoms with Crippen molar-refractivity contribution in [1.29, 1.82) is 0 Å². The average molecular weight is 332 g/mol. The number of methoxy groups -OCH3 is 3. The molecule has 0 heterocycles. The molecule has 1 atom stereocenters. The van der Waals surface area contributed by atoms with E-state index in [9.17, 15) is 15.0 Å². The van der Waals surface area contributed by atoms with E-state index in [1.54, 1.807) is 19.1 Å². The monoisotopic (exact) mass is 332 g/mol. The summed E-state index contributed by atoms with van der Waals surface area (Å²) in [5.74, 6) is -0.198. The summed E-state index contributed by atoms with van der Waals surface area (Å²) in [6, 6.07) is 7.70. The van der Waals surface area contributed by atoms with E-state index in [0.717, 1.165) is 0 Å². The van der Waals surface area contributed by atoms with Crippen molar-refractivity contribution in [3.05, 3.63) is 41.5 Å². The SMILES string of the molecule is COc1cc(C(C)C(=O)c2cc(OC)c(O)c(OC)c2)ccc1O. The number of ketones is 1. The Kier molecular flexibility index (Phi) is 5.18. The van der Waals surface area contributed by atoms with Crippen molar-refractivity contribution in [3.63, 3.8) is 0 Å². The van der Waals surface area contributed by atoms with Gasteiger partial charge in [-0.1, -0.05) is 13.0 Å². The van der Waals surface area contributed by atoms with Gasteiger partial charge in [0.25, 0.3) is 0 Å². The lowest BCUT2D eigenvalue weighted by molar-refractivity contribution is 0.0965. The number of carbonyl (C=O) groups excluding carboxylic acids is 1. The Morgan fingerprint density at radius 3 is 1.96 bits per heavy atom. The molecule has 24 heavy (non-hydrogen) atoms. The predicted molar refractivity (Wildman–Crippen MR) is 88.6 cm³/mol. The van der Waals surface area contributed by atoms with E-state index in [0.29, 0.717) is 16.9 Å². The van der Waals surface area contributed by atoms with Crippen LogP contribution in [0.15, 0.2) is 30.3 Å². The highest BCUT2D eigenvalue weighted by Crippen LogP contribution is 2.38. The normalized spacial score (nSPS) is 11.7. The first-order valence-corrected chi connectivity index (χ1v) is 7.29. The Bertz CT molecular complexity index is 728. The summed E-state index contributed by atoms with van der Waals surface area (Å²) in [6.45, 7) is 1.75. The molecule has 2 aromatic carbocycles. The van der Waals surface area contributed by atoms with Gasteiger partial charge in [0.15, 0.2) is 28.8 Å². The molecule has 2 aromatic rings. The molecule has 1 unspecified atom stereocenters. The van der Waals surface area contributed by atoms with Gasteiger partial charge in [0.2, 0.25) is 5.75 Å². The number of Topliss-reactive ketones (excluding diaryl/α,β-unsaturated/α-hetero) is 1. The van der Waals surface area contributed by atoms with Crippen molar-refractivity contribution < 1.29 is 29.2 Å². The smallest absolute Gasteiger partial charge is 0.200 e. The molecule has 2 rings (SSSR count). The van der Waals surface area contributed by atoms with Crippen molar-refractivity contribution >= 4 is 5.78 Å². The third-order valence-electron chi connectivity index (χ3n) is 3.86. The van der Waals surface area contributed by atoms with E-state index in [1.807, 2.05) is 0 Å². The lowest BCUT2D eigenvalue weighted by Crippen LogP contribution is -2.10. The molecule has 128 valence electrons. The highest BCUT2D eigenvalue weighted by molar-refractivity contribution is 6.01. The molecular formula is C18H20O6. The summed E-state index contributed by atoms with van der Waals surface area (Å²) in [5.41, 5.74) is 1.04. The summed E-state index contributed by atoms with van der Waals surface area (Å²) in [5, 5.41) is 19.6. The number of rotatable bonds is 6. The van der Waals surface area contributed by atoms with Crippen LogP contribution in [0.4, 0.5) is 0 Å². The molecule has 0 saturated heterocycles. The Morgan fingerprint density at radius 1 is 0.917 bits per heavy atom. The maximum atomic E-state index is 12.8. The van der Waals surface area contributed by atoms with Crippen LogP contribution in [0.25, 0.3) is 0 Å². The molecule has 0 fully saturated rings. The Hall–Kier alpha value is -2.89. The molecule has 0 amide bonds. The lowest BCUT2D eigenvalue weighted by atomic mass is 9.91. The van der Waals surface area contributed by atoms with Crippen LogP contribution in [0.5, 0.6) is 28.7 Å². The zero-order valence-corrected chi connectivity index (χ0v) is 14.0. The molecule has 0 bridgehead atoms. The van der Waals surface area contributed by atoms with E-state index >= 15 is 0 Å². The standard InChI is InChI=1S/C18H20O6/c1-10(11-5-6-13(19)14(7-11)22-2)17(20)12-8-15(23-3)18(21)16(9-12)24-4/h5-10,19,21H,1-4H3. The Labute approximate surface area is 140 Å². The number of benzene rings is 2. The van der Waals surface area contributed by atoms with Crippen molar-refractivity contribution in [2.45, 2.75) is 12.8 Å². The van der Waals surface area contributed by atoms with Crippen LogP contribution in [-0.4, -0.2) is 37.3 Å². The number of ether oxygens (including phenoxy) is 3. The maximum Gasteiger partial charge on any atom is 0.200 e. The average Bonchev–Trinajstić information content (AvgIpc) is 2.61. The van der Waals surface area contributed by atoms with Gasteiger partial charge in [-0.2, -0.15) is 0 Å². The molecule has 0 aliphatic carbocycles. The number of hydrogen-bond acceptors (Lipinski definition) is 6. The number of hydrogen-bond donors (Lipinski definition) is 2. The van der Waals surface area contributed by atoms with E-state index in [1.165, 1.54) is 39.5 Å². The number of carbonyl (C=O) groups is 1. The summed E-state index contributed by atoms with van der Waals surface area (Å²) < 4.78 is 15.2. The van der Waals surface area contributed by atoms with Crippen LogP contribution >= 0.6 is 0 Å². The van der Waals surface area contributed by atoms with Gasteiger partial charge >= 0.3 is 0 Å². The zero-order valence-electron chi connectivity index (χ0n) is 14.0. The first-order valence-electron chi connectivity index (χ1n) is 7.29. The highest BCUT2D eigenvalue weighted by Gasteiger charge is 2.22. The molecule has 0 saturated carbocycles. The van der Waals surface area contributed by atoms with E-state index < -0.39 is 5.92 Å². The molecule has 0 spiro atoms. The molecule has 0 aliphatic heterocycles. The van der Waals surface area contributed by atoms with Crippen molar-refractivity contribution in [2.24, 2.45) is 0 Å². The van der Waals surface area contributed by atoms with Gasteiger partial charge in [0.1, 0.15) is 0 Å². The van der Waals surface area contributed by atoms with E-state index in [2.05, 4.69) is 0 Å². The van der Waals surface area contributed by atoms with E-state index in [-0.39, 0.29) is 28.8 Å². The Balaban J connectivity index is 2.41. The second-order valence-electron chi connectivity index (χ2n) is 5.25. The van der Waals surface area contributed by atoms with E-state index in [4.69, 9.17) is 14.2 Å². The number of aromatic hydroxyl groups is 2. The first-order chi connectivity index (χ1) is 11.4. The second kappa shape index (κ2) is 7.12. The van der Waals surface area contributed by atoms with Gasteiger partial charge in [-0.05, 0) is 29.8 Å². The van der Waals surface area contributed by atoms with Gasteiger partial charge in [-0.25, -0.2) is 0 Å². The zero-order chi connectivity index (χ0) is 17.9. The van der Waals surface area contributed by atoms with Crippen LogP contribution in [0.2, 0.25) is 0 Å². The van der Waals surface area contributed by atoms with Crippen LogP contribution in [0.3, 0.4) is 0 Å². The van der Waals surface area contributed by atoms with Gasteiger partial charge in [0, 0.05) is 11.5 Å². The molecule has 0 aliphatic rings. The minimum atomic E-state index is -0.488. The van der Waals surface area contributed by atoms with Gasteiger partial charge in [-0.15, -0.1) is 0 Å². The number of phenolic OH excluding ortho intramolecular Hbond substituents is 2. The number of phenols is 2. The molecule has 6 heteroatoms. The van der Waals surface area contributed by atoms with Crippen LogP contribution in [0, 0.1) is 0 Å². The first kappa shape index (κ1) is 17.5. The second-order valence-corrected chi connectivity index (χ2v) is 5.25. The fraction of sp³-hybridized carbons (Fsp3) is 0.278. The summed E-state index contributed by atoms with van der Waals surface area (Å²) in [6.07, 6.45) is 0. The Morgan fingerprint density at radius 2 is 1.46 bits per heavy atom. The van der Waals surface area contributed by atoms with Crippen LogP contribution in [-0.2, 0) is 0 Å². The minimum Gasteiger partial charge on any atom is -0.504 e. The molecule has 0 aromatic heterocycles. The molecule has 6 nitrogen and oxygen atoms in total. The van der Waals surface area contributed by atoms with Crippen molar-refractivity contribution in [3.8, 4) is 28.7 Å². The minimum absolute atomic E-state index is 0.00821.